The normalized spacial score (nSPS) is 9.18. The van der Waals surface area contributed by atoms with Crippen LogP contribution >= 0.6 is 0 Å². The lowest BCUT2D eigenvalue weighted by Crippen LogP contribution is -2.01. The van der Waals surface area contributed by atoms with E-state index in [4.69, 9.17) is 71.5 Å². The molecular formula is C48H42O20. The summed E-state index contributed by atoms with van der Waals surface area (Å²) in [6.07, 6.45) is 0. The average molecular weight is 939 g/mol. The molecular weight excluding hydrogens is 897 g/mol. The average Bonchev–Trinajstić information content (AvgIpc) is 3.27. The molecule has 20 heteroatoms. The largest absolute Gasteiger partial charge is 0.508 e. The fourth-order valence-electron chi connectivity index (χ4n) is 4.30. The fourth-order valence-corrected chi connectivity index (χ4v) is 4.30. The molecule has 0 saturated carbocycles. The van der Waals surface area contributed by atoms with E-state index in [9.17, 15) is 28.8 Å². The van der Waals surface area contributed by atoms with Crippen LogP contribution in [0.25, 0.3) is 0 Å². The molecule has 0 bridgehead atoms. The topological polar surface area (TPSA) is 386 Å². The molecule has 0 heterocycles. The summed E-state index contributed by atoms with van der Waals surface area (Å²) in [7, 11) is 0. The van der Waals surface area contributed by atoms with Crippen molar-refractivity contribution in [3.05, 3.63) is 203 Å². The Balaban J connectivity index is 0.000000400. The first-order valence-electron chi connectivity index (χ1n) is 18.6. The molecule has 0 fully saturated rings. The lowest BCUT2D eigenvalue weighted by atomic mass is 10.1. The maximum absolute atomic E-state index is 10.4. The molecule has 7 aromatic carbocycles. The number of aromatic carboxylic acids is 6. The van der Waals surface area contributed by atoms with Gasteiger partial charge in [0.1, 0.15) is 46.0 Å². The minimum atomic E-state index is -1.13. The Kier molecular flexibility index (Phi) is 23.9. The van der Waals surface area contributed by atoms with Crippen LogP contribution in [0.2, 0.25) is 0 Å². The summed E-state index contributed by atoms with van der Waals surface area (Å²) in [5.41, 5.74) is 0.0922. The van der Waals surface area contributed by atoms with Gasteiger partial charge in [0.05, 0.1) is 33.4 Å². The Hall–Kier alpha value is -10.2. The van der Waals surface area contributed by atoms with Crippen LogP contribution in [0.1, 0.15) is 62.1 Å². The number of phenolic OH excluding ortho intramolecular Hbond substituents is 8. The van der Waals surface area contributed by atoms with E-state index in [-0.39, 0.29) is 79.4 Å². The van der Waals surface area contributed by atoms with Gasteiger partial charge < -0.3 is 71.5 Å². The molecule has 354 valence electrons. The number of benzene rings is 7. The number of phenols is 8. The minimum Gasteiger partial charge on any atom is -0.508 e. The van der Waals surface area contributed by atoms with Gasteiger partial charge in [-0.15, -0.1) is 0 Å². The summed E-state index contributed by atoms with van der Waals surface area (Å²) in [4.78, 5) is 62.2. The molecule has 7 rings (SSSR count). The van der Waals surface area contributed by atoms with Crippen molar-refractivity contribution in [2.24, 2.45) is 0 Å². The minimum absolute atomic E-state index is 0.0186. The number of aromatic hydroxyl groups is 8. The first-order chi connectivity index (χ1) is 32.0. The predicted octanol–water partition coefficient (Wildman–Crippen LogP) is 7.64. The molecule has 0 saturated heterocycles. The molecule has 0 atom stereocenters. The van der Waals surface area contributed by atoms with Crippen molar-refractivity contribution < 1.29 is 100 Å². The van der Waals surface area contributed by atoms with Gasteiger partial charge in [0.25, 0.3) is 0 Å². The summed E-state index contributed by atoms with van der Waals surface area (Å²) >= 11 is 0. The van der Waals surface area contributed by atoms with E-state index >= 15 is 0 Å². The summed E-state index contributed by atoms with van der Waals surface area (Å²) in [5.74, 6) is -5.93. The Morgan fingerprint density at radius 1 is 0.206 bits per heavy atom. The molecule has 20 nitrogen and oxygen atoms in total. The van der Waals surface area contributed by atoms with Gasteiger partial charge in [0, 0.05) is 24.3 Å². The van der Waals surface area contributed by atoms with Crippen LogP contribution in [0.3, 0.4) is 0 Å². The van der Waals surface area contributed by atoms with Gasteiger partial charge in [-0.05, 0) is 109 Å². The molecule has 0 unspecified atom stereocenters. The Labute approximate surface area is 384 Å². The van der Waals surface area contributed by atoms with Crippen LogP contribution in [0, 0.1) is 0 Å². The zero-order chi connectivity index (χ0) is 51.3. The number of hydrogen-bond acceptors (Lipinski definition) is 14. The zero-order valence-corrected chi connectivity index (χ0v) is 34.9. The maximum atomic E-state index is 10.4. The van der Waals surface area contributed by atoms with E-state index < -0.39 is 35.8 Å². The molecule has 0 amide bonds. The molecule has 0 aliphatic carbocycles. The maximum Gasteiger partial charge on any atom is 0.335 e. The smallest absolute Gasteiger partial charge is 0.335 e. The standard InChI is InChI=1S/3C8H6O4.4C6H6O2/c9-7(10)5-1-2-6(4-3-5)8(11)12;2*9-7(10)5-2-1-3-6(4-5)8(11)12;4*7-5-2-1-3-6(8)4-5/h3*1-4H,(H,9,10)(H,11,12);4*1-4,7-8H. The summed E-state index contributed by atoms with van der Waals surface area (Å²) in [6.45, 7) is 0. The Morgan fingerprint density at radius 3 is 0.471 bits per heavy atom. The molecule has 0 aliphatic rings. The highest BCUT2D eigenvalue weighted by molar-refractivity contribution is 5.94. The molecule has 0 radical (unpaired) electrons. The van der Waals surface area contributed by atoms with Crippen LogP contribution in [0.15, 0.2) is 170 Å². The third kappa shape index (κ3) is 23.8. The van der Waals surface area contributed by atoms with Gasteiger partial charge in [-0.3, -0.25) is 0 Å². The van der Waals surface area contributed by atoms with Crippen LogP contribution in [-0.4, -0.2) is 107 Å². The van der Waals surface area contributed by atoms with Gasteiger partial charge in [-0.2, -0.15) is 0 Å². The number of carboxylic acids is 6. The molecule has 68 heavy (non-hydrogen) atoms. The molecule has 14 N–H and O–H groups in total. The molecule has 0 spiro atoms. The lowest BCUT2D eigenvalue weighted by Gasteiger charge is -1.95. The van der Waals surface area contributed by atoms with Crippen molar-refractivity contribution in [1.82, 2.24) is 0 Å². The van der Waals surface area contributed by atoms with Crippen molar-refractivity contribution in [2.75, 3.05) is 0 Å². The number of carbonyl (C=O) groups is 6. The van der Waals surface area contributed by atoms with Gasteiger partial charge in [0.15, 0.2) is 0 Å². The highest BCUT2D eigenvalue weighted by Gasteiger charge is 2.08. The quantitative estimate of drug-likeness (QED) is 0.0761. The lowest BCUT2D eigenvalue weighted by molar-refractivity contribution is 0.0676. The highest BCUT2D eigenvalue weighted by Crippen LogP contribution is 2.17. The van der Waals surface area contributed by atoms with Crippen LogP contribution in [0.5, 0.6) is 46.0 Å². The fraction of sp³-hybridized carbons (Fsp3) is 0. The summed E-state index contributed by atoms with van der Waals surface area (Å²) in [6, 6.07) is 38.8. The van der Waals surface area contributed by atoms with Crippen molar-refractivity contribution >= 4 is 35.8 Å². The first kappa shape index (κ1) is 55.8. The Bertz CT molecular complexity index is 2350. The number of carboxylic acid groups (broad SMARTS) is 6. The van der Waals surface area contributed by atoms with E-state index in [1.807, 2.05) is 0 Å². The van der Waals surface area contributed by atoms with Crippen LogP contribution in [0.4, 0.5) is 0 Å². The zero-order valence-electron chi connectivity index (χ0n) is 34.9. The number of hydrogen-bond donors (Lipinski definition) is 14. The SMILES string of the molecule is O=C(O)c1ccc(C(=O)O)cc1.O=C(O)c1cccc(C(=O)O)c1.O=C(O)c1cccc(C(=O)O)c1.Oc1cccc(O)c1.Oc1cccc(O)c1.Oc1cccc(O)c1.Oc1cccc(O)c1. The highest BCUT2D eigenvalue weighted by atomic mass is 16.4. The van der Waals surface area contributed by atoms with Crippen molar-refractivity contribution in [3.63, 3.8) is 0 Å². The van der Waals surface area contributed by atoms with E-state index in [1.165, 1.54) is 133 Å². The number of rotatable bonds is 6. The molecule has 7 aromatic rings. The van der Waals surface area contributed by atoms with Crippen LogP contribution in [-0.2, 0) is 0 Å². The molecule has 0 aliphatic heterocycles. The van der Waals surface area contributed by atoms with Crippen molar-refractivity contribution in [2.45, 2.75) is 0 Å². The Morgan fingerprint density at radius 2 is 0.353 bits per heavy atom. The van der Waals surface area contributed by atoms with Crippen LogP contribution < -0.4 is 0 Å². The van der Waals surface area contributed by atoms with E-state index in [0.29, 0.717) is 0 Å². The van der Waals surface area contributed by atoms with Gasteiger partial charge in [-0.25, -0.2) is 28.8 Å². The predicted molar refractivity (Wildman–Crippen MR) is 240 cm³/mol. The monoisotopic (exact) mass is 938 g/mol. The van der Waals surface area contributed by atoms with Gasteiger partial charge in [0.2, 0.25) is 0 Å². The molecule has 0 aromatic heterocycles. The van der Waals surface area contributed by atoms with E-state index in [2.05, 4.69) is 0 Å². The van der Waals surface area contributed by atoms with Crippen molar-refractivity contribution in [1.29, 1.82) is 0 Å². The second-order valence-corrected chi connectivity index (χ2v) is 12.6. The van der Waals surface area contributed by atoms with E-state index in [1.54, 1.807) is 24.3 Å². The van der Waals surface area contributed by atoms with Crippen molar-refractivity contribution in [3.8, 4) is 46.0 Å². The van der Waals surface area contributed by atoms with E-state index in [0.717, 1.165) is 12.1 Å². The second-order valence-electron chi connectivity index (χ2n) is 12.6. The summed E-state index contributed by atoms with van der Waals surface area (Å²) in [5, 5.41) is 120. The second kappa shape index (κ2) is 29.2. The summed E-state index contributed by atoms with van der Waals surface area (Å²) < 4.78 is 0. The first-order valence-corrected chi connectivity index (χ1v) is 18.6. The van der Waals surface area contributed by atoms with Gasteiger partial charge in [-0.1, -0.05) is 36.4 Å². The third-order valence-electron chi connectivity index (χ3n) is 7.41. The third-order valence-corrected chi connectivity index (χ3v) is 7.41. The van der Waals surface area contributed by atoms with Gasteiger partial charge >= 0.3 is 35.8 Å².